The van der Waals surface area contributed by atoms with E-state index in [1.54, 1.807) is 0 Å². The summed E-state index contributed by atoms with van der Waals surface area (Å²) in [5.74, 6) is 0. The van der Waals surface area contributed by atoms with E-state index < -0.39 is 0 Å². The van der Waals surface area contributed by atoms with Crippen molar-refractivity contribution in [3.05, 3.63) is 37.1 Å². The summed E-state index contributed by atoms with van der Waals surface area (Å²) in [5, 5.41) is 8.25. The Balaban J connectivity index is -0.0000000000641. The van der Waals surface area contributed by atoms with Crippen molar-refractivity contribution in [2.24, 2.45) is 0 Å². The van der Waals surface area contributed by atoms with Crippen LogP contribution in [0.1, 0.15) is 22.3 Å². The summed E-state index contributed by atoms with van der Waals surface area (Å²) in [4.78, 5) is 0. The summed E-state index contributed by atoms with van der Waals surface area (Å²) >= 11 is 0. The minimum Gasteiger partial charge on any atom is -0.870 e. The van der Waals surface area contributed by atoms with Crippen molar-refractivity contribution in [1.82, 2.24) is 0 Å². The summed E-state index contributed by atoms with van der Waals surface area (Å²) in [6.45, 7) is 0. The molecule has 0 aromatic carbocycles. The summed E-state index contributed by atoms with van der Waals surface area (Å²) in [7, 11) is 0.750. The normalized spacial score (nSPS) is 0.400. The van der Waals surface area contributed by atoms with Crippen LogP contribution in [0.3, 0.4) is 0 Å². The van der Waals surface area contributed by atoms with Gasteiger partial charge in [0.1, 0.15) is 0 Å². The van der Waals surface area contributed by atoms with Gasteiger partial charge in [-0.2, -0.15) is 7.11 Å². The van der Waals surface area contributed by atoms with Crippen molar-refractivity contribution in [2.75, 3.05) is 7.11 Å². The molecular formula is C9H31Na4O2-3. The zero-order valence-corrected chi connectivity index (χ0v) is 18.9. The SMILES string of the molecule is C.C.C.C[O-].[CH3-].[CH3-].[CH3-].[CH3-].[CH3-].[Na+].[Na+].[Na+].[Na+].[OH-]. The minimum absolute atomic E-state index is 0. The average molecular weight is 263 g/mol. The monoisotopic (exact) mass is 263 g/mol. The number of rotatable bonds is 0. The molecule has 0 aliphatic carbocycles. The molecule has 0 atom stereocenters. The third-order valence-corrected chi connectivity index (χ3v) is 0. The van der Waals surface area contributed by atoms with E-state index in [4.69, 9.17) is 5.11 Å². The minimum atomic E-state index is 0. The van der Waals surface area contributed by atoms with Gasteiger partial charge in [0, 0.05) is 0 Å². The van der Waals surface area contributed by atoms with Crippen molar-refractivity contribution in [1.29, 1.82) is 0 Å². The molecule has 0 unspecified atom stereocenters. The Morgan fingerprint density at radius 2 is 0.467 bits per heavy atom. The van der Waals surface area contributed by atoms with Crippen molar-refractivity contribution in [3.8, 4) is 0 Å². The smallest absolute Gasteiger partial charge is 0.870 e. The molecule has 0 aliphatic heterocycles. The van der Waals surface area contributed by atoms with E-state index in [9.17, 15) is 0 Å². The van der Waals surface area contributed by atoms with Gasteiger partial charge in [-0.05, 0) is 0 Å². The molecule has 0 fully saturated rings. The van der Waals surface area contributed by atoms with Gasteiger partial charge in [0.25, 0.3) is 0 Å². The Morgan fingerprint density at radius 3 is 0.467 bits per heavy atom. The molecule has 15 heavy (non-hydrogen) atoms. The molecule has 86 valence electrons. The summed E-state index contributed by atoms with van der Waals surface area (Å²) in [6, 6.07) is 0. The molecule has 0 bridgehead atoms. The predicted molar refractivity (Wildman–Crippen MR) is 60.1 cm³/mol. The summed E-state index contributed by atoms with van der Waals surface area (Å²) in [5.41, 5.74) is 0. The molecule has 0 aliphatic rings. The maximum Gasteiger partial charge on any atom is 1.00 e. The Hall–Kier alpha value is 3.92. The third kappa shape index (κ3) is 296. The van der Waals surface area contributed by atoms with Crippen LogP contribution < -0.4 is 123 Å². The first-order chi connectivity index (χ1) is 1.00. The fourth-order valence-electron chi connectivity index (χ4n) is 0. The molecule has 6 heteroatoms. The second kappa shape index (κ2) is 334. The largest absolute Gasteiger partial charge is 1.00 e. The zero-order chi connectivity index (χ0) is 2.00. The van der Waals surface area contributed by atoms with Gasteiger partial charge in [0.05, 0.1) is 0 Å². The van der Waals surface area contributed by atoms with Gasteiger partial charge in [-0.25, -0.2) is 0 Å². The maximum absolute atomic E-state index is 8.25. The van der Waals surface area contributed by atoms with Crippen molar-refractivity contribution >= 4 is 0 Å². The fourth-order valence-corrected chi connectivity index (χ4v) is 0. The van der Waals surface area contributed by atoms with Crippen LogP contribution in [0.15, 0.2) is 0 Å². The quantitative estimate of drug-likeness (QED) is 0.322. The molecule has 0 saturated heterocycles. The Labute approximate surface area is 192 Å². The van der Waals surface area contributed by atoms with Crippen LogP contribution in [0, 0.1) is 37.1 Å². The van der Waals surface area contributed by atoms with Crippen LogP contribution in [-0.4, -0.2) is 12.6 Å². The number of hydrogen-bond donors (Lipinski definition) is 0. The zero-order valence-electron chi connectivity index (χ0n) is 10.9. The first-order valence-corrected chi connectivity index (χ1v) is 0.408. The Kier molecular flexibility index (Phi) is 5590. The molecule has 0 aromatic heterocycles. The van der Waals surface area contributed by atoms with Crippen LogP contribution in [0.5, 0.6) is 0 Å². The van der Waals surface area contributed by atoms with Gasteiger partial charge in [-0.1, -0.05) is 22.3 Å². The molecule has 1 N–H and O–H groups in total. The van der Waals surface area contributed by atoms with Gasteiger partial charge in [-0.3, -0.25) is 0 Å². The molecule has 0 rings (SSSR count). The van der Waals surface area contributed by atoms with Gasteiger partial charge < -0.3 is 47.7 Å². The molecule has 0 amide bonds. The second-order valence-corrected chi connectivity index (χ2v) is 0. The standard InChI is InChI=1S/CH3O.3CH4.5CH3.4Na.H2O/c1-2;;;;;;;;;;;;;/h1H3;3*1H4;5*1H3;;;;;1H2/q-1;;;;5*-1;4*+1;/p-1. The van der Waals surface area contributed by atoms with Crippen LogP contribution in [-0.2, 0) is 0 Å². The van der Waals surface area contributed by atoms with Gasteiger partial charge in [0.2, 0.25) is 0 Å². The van der Waals surface area contributed by atoms with E-state index in [-0.39, 0.29) is 183 Å². The molecule has 0 aromatic rings. The molecule has 2 nitrogen and oxygen atoms in total. The van der Waals surface area contributed by atoms with E-state index in [0.717, 1.165) is 7.11 Å². The van der Waals surface area contributed by atoms with Crippen molar-refractivity contribution < 1.29 is 129 Å². The van der Waals surface area contributed by atoms with Crippen LogP contribution in [0.2, 0.25) is 0 Å². The molecular weight excluding hydrogens is 232 g/mol. The van der Waals surface area contributed by atoms with Crippen molar-refractivity contribution in [3.63, 3.8) is 0 Å². The van der Waals surface area contributed by atoms with E-state index in [2.05, 4.69) is 0 Å². The molecule has 0 radical (unpaired) electrons. The fraction of sp³-hybridized carbons (Fsp3) is 0.444. The van der Waals surface area contributed by atoms with E-state index in [1.807, 2.05) is 0 Å². The summed E-state index contributed by atoms with van der Waals surface area (Å²) < 4.78 is 0. The Bertz CT molecular complexity index is 20.1. The predicted octanol–water partition coefficient (Wildman–Crippen LogP) is -9.02. The van der Waals surface area contributed by atoms with E-state index in [1.165, 1.54) is 0 Å². The molecule has 0 heterocycles. The second-order valence-electron chi connectivity index (χ2n) is 0. The molecule has 0 saturated carbocycles. The van der Waals surface area contributed by atoms with E-state index in [0.29, 0.717) is 0 Å². The van der Waals surface area contributed by atoms with Crippen LogP contribution in [0.4, 0.5) is 0 Å². The number of hydrogen-bond acceptors (Lipinski definition) is 2. The first-order valence-electron chi connectivity index (χ1n) is 0.408. The van der Waals surface area contributed by atoms with Gasteiger partial charge >= 0.3 is 118 Å². The van der Waals surface area contributed by atoms with Crippen LogP contribution >= 0.6 is 0 Å². The topological polar surface area (TPSA) is 53.1 Å². The maximum atomic E-state index is 8.25. The average Bonchev–Trinajstić information content (AvgIpc) is 1.00. The third-order valence-electron chi connectivity index (χ3n) is 0. The molecule has 0 spiro atoms. The van der Waals surface area contributed by atoms with E-state index >= 15 is 0 Å². The Morgan fingerprint density at radius 1 is 0.467 bits per heavy atom. The summed E-state index contributed by atoms with van der Waals surface area (Å²) in [6.07, 6.45) is 0. The van der Waals surface area contributed by atoms with Crippen molar-refractivity contribution in [2.45, 2.75) is 22.3 Å². The van der Waals surface area contributed by atoms with Gasteiger partial charge in [-0.15, -0.1) is 0 Å². The van der Waals surface area contributed by atoms with Gasteiger partial charge in [0.15, 0.2) is 0 Å². The first kappa shape index (κ1) is 251. The van der Waals surface area contributed by atoms with Crippen LogP contribution in [0.25, 0.3) is 0 Å².